The van der Waals surface area contributed by atoms with Crippen LogP contribution in [0.1, 0.15) is 24.1 Å². The fourth-order valence-corrected chi connectivity index (χ4v) is 3.35. The lowest BCUT2D eigenvalue weighted by Crippen LogP contribution is -2.45. The fourth-order valence-electron chi connectivity index (χ4n) is 3.35. The highest BCUT2D eigenvalue weighted by atomic mass is 19.1. The van der Waals surface area contributed by atoms with Crippen LogP contribution in [0, 0.1) is 5.82 Å². The first-order valence-corrected chi connectivity index (χ1v) is 8.79. The molecule has 1 amide bonds. The smallest absolute Gasteiger partial charge is 0.410 e. The van der Waals surface area contributed by atoms with Crippen LogP contribution in [0.25, 0.3) is 11.0 Å². The first kappa shape index (κ1) is 17.5. The lowest BCUT2D eigenvalue weighted by molar-refractivity contribution is -0.0295. The maximum Gasteiger partial charge on any atom is 0.410 e. The monoisotopic (exact) mass is 370 g/mol. The largest absolute Gasteiger partial charge is 0.445 e. The van der Waals surface area contributed by atoms with Crippen LogP contribution in [-0.4, -0.2) is 34.3 Å². The third-order valence-corrected chi connectivity index (χ3v) is 4.93. The Morgan fingerprint density at radius 2 is 1.96 bits per heavy atom. The normalized spacial score (nSPS) is 16.4. The molecule has 0 unspecified atom stereocenters. The van der Waals surface area contributed by atoms with Crippen LogP contribution >= 0.6 is 0 Å². The van der Waals surface area contributed by atoms with Crippen molar-refractivity contribution in [3.63, 3.8) is 0 Å². The average molecular weight is 370 g/mol. The van der Waals surface area contributed by atoms with Gasteiger partial charge in [-0.3, -0.25) is 0 Å². The maximum atomic E-state index is 13.3. The van der Waals surface area contributed by atoms with E-state index in [-0.39, 0.29) is 6.61 Å². The van der Waals surface area contributed by atoms with E-state index in [2.05, 4.69) is 5.16 Å². The van der Waals surface area contributed by atoms with Gasteiger partial charge in [-0.15, -0.1) is 0 Å². The summed E-state index contributed by atoms with van der Waals surface area (Å²) in [5.74, 6) is -0.423. The summed E-state index contributed by atoms with van der Waals surface area (Å²) in [6.45, 7) is 0.874. The summed E-state index contributed by atoms with van der Waals surface area (Å²) in [6, 6.07) is 13.6. The topological polar surface area (TPSA) is 75.8 Å². The molecule has 1 fully saturated rings. The van der Waals surface area contributed by atoms with Gasteiger partial charge in [0.1, 0.15) is 23.7 Å². The van der Waals surface area contributed by atoms with E-state index in [1.807, 2.05) is 30.3 Å². The van der Waals surface area contributed by atoms with E-state index in [0.717, 1.165) is 5.56 Å². The molecule has 2 aromatic carbocycles. The third kappa shape index (κ3) is 3.50. The van der Waals surface area contributed by atoms with Gasteiger partial charge in [-0.25, -0.2) is 9.18 Å². The molecule has 4 rings (SSSR count). The van der Waals surface area contributed by atoms with Crippen molar-refractivity contribution in [3.8, 4) is 0 Å². The zero-order valence-electron chi connectivity index (χ0n) is 14.6. The Balaban J connectivity index is 1.40. The van der Waals surface area contributed by atoms with Gasteiger partial charge in [-0.1, -0.05) is 35.5 Å². The van der Waals surface area contributed by atoms with Crippen molar-refractivity contribution < 1.29 is 23.6 Å². The van der Waals surface area contributed by atoms with Crippen molar-refractivity contribution in [2.24, 2.45) is 0 Å². The van der Waals surface area contributed by atoms with Crippen LogP contribution in [0.3, 0.4) is 0 Å². The number of hydrogen-bond donors (Lipinski definition) is 1. The third-order valence-electron chi connectivity index (χ3n) is 4.93. The number of benzene rings is 2. The molecule has 0 aliphatic carbocycles. The summed E-state index contributed by atoms with van der Waals surface area (Å²) in [5, 5.41) is 15.5. The van der Waals surface area contributed by atoms with E-state index in [0.29, 0.717) is 42.6 Å². The van der Waals surface area contributed by atoms with Crippen LogP contribution in [0.4, 0.5) is 9.18 Å². The molecule has 1 N–H and O–H groups in total. The first-order chi connectivity index (χ1) is 13.0. The van der Waals surface area contributed by atoms with Crippen molar-refractivity contribution in [2.75, 3.05) is 13.1 Å². The van der Waals surface area contributed by atoms with Gasteiger partial charge in [0.05, 0.1) is 0 Å². The minimum atomic E-state index is -1.22. The number of ether oxygens (including phenoxy) is 1. The predicted molar refractivity (Wildman–Crippen MR) is 95.3 cm³/mol. The standard InChI is InChI=1S/C20H19FN2O4/c21-15-6-7-16-17(12-15)27-22-18(16)20(25)8-10-23(11-9-20)19(24)26-13-14-4-2-1-3-5-14/h1-7,12,25H,8-11,13H2. The highest BCUT2D eigenvalue weighted by Gasteiger charge is 2.39. The van der Waals surface area contributed by atoms with Gasteiger partial charge < -0.3 is 19.3 Å². The molecule has 7 heteroatoms. The minimum Gasteiger partial charge on any atom is -0.445 e. The molecule has 0 spiro atoms. The Bertz CT molecular complexity index is 949. The Kier molecular flexibility index (Phi) is 4.53. The summed E-state index contributed by atoms with van der Waals surface area (Å²) in [4.78, 5) is 13.8. The van der Waals surface area contributed by atoms with E-state index < -0.39 is 17.5 Å². The van der Waals surface area contributed by atoms with Crippen LogP contribution in [0.2, 0.25) is 0 Å². The van der Waals surface area contributed by atoms with Crippen molar-refractivity contribution in [1.29, 1.82) is 0 Å². The van der Waals surface area contributed by atoms with Gasteiger partial charge in [-0.05, 0) is 30.5 Å². The Labute approximate surface area is 155 Å². The molecular formula is C20H19FN2O4. The van der Waals surface area contributed by atoms with Crippen molar-refractivity contribution in [1.82, 2.24) is 10.1 Å². The van der Waals surface area contributed by atoms with Crippen molar-refractivity contribution in [3.05, 3.63) is 65.6 Å². The number of piperidine rings is 1. The fraction of sp³-hybridized carbons (Fsp3) is 0.300. The molecule has 1 aliphatic heterocycles. The Morgan fingerprint density at radius 1 is 1.22 bits per heavy atom. The molecule has 2 heterocycles. The SMILES string of the molecule is O=C(OCc1ccccc1)N1CCC(O)(c2noc3cc(F)ccc23)CC1. The summed E-state index contributed by atoms with van der Waals surface area (Å²) >= 11 is 0. The molecule has 0 saturated carbocycles. The summed E-state index contributed by atoms with van der Waals surface area (Å²) in [6.07, 6.45) is 0.187. The van der Waals surface area contributed by atoms with Gasteiger partial charge in [0, 0.05) is 24.5 Å². The second-order valence-corrected chi connectivity index (χ2v) is 6.73. The van der Waals surface area contributed by atoms with Gasteiger partial charge in [0.15, 0.2) is 5.58 Å². The number of fused-ring (bicyclic) bond motifs is 1. The summed E-state index contributed by atoms with van der Waals surface area (Å²) < 4.78 is 23.8. The molecule has 140 valence electrons. The second kappa shape index (κ2) is 7.00. The van der Waals surface area contributed by atoms with E-state index in [1.165, 1.54) is 12.1 Å². The number of nitrogens with zero attached hydrogens (tertiary/aromatic N) is 2. The molecule has 6 nitrogen and oxygen atoms in total. The maximum absolute atomic E-state index is 13.3. The van der Waals surface area contributed by atoms with Crippen LogP contribution in [0.15, 0.2) is 53.1 Å². The van der Waals surface area contributed by atoms with E-state index in [1.54, 1.807) is 11.0 Å². The number of aliphatic hydroxyl groups is 1. The lowest BCUT2D eigenvalue weighted by atomic mass is 9.87. The molecule has 0 radical (unpaired) electrons. The lowest BCUT2D eigenvalue weighted by Gasteiger charge is -2.36. The zero-order chi connectivity index (χ0) is 18.9. The second-order valence-electron chi connectivity index (χ2n) is 6.73. The quantitative estimate of drug-likeness (QED) is 0.763. The molecule has 27 heavy (non-hydrogen) atoms. The first-order valence-electron chi connectivity index (χ1n) is 8.79. The van der Waals surface area contributed by atoms with Crippen LogP contribution in [-0.2, 0) is 16.9 Å². The van der Waals surface area contributed by atoms with E-state index in [9.17, 15) is 14.3 Å². The van der Waals surface area contributed by atoms with Gasteiger partial charge in [0.2, 0.25) is 0 Å². The highest BCUT2D eigenvalue weighted by Crippen LogP contribution is 2.36. The number of rotatable bonds is 3. The number of amides is 1. The van der Waals surface area contributed by atoms with Crippen molar-refractivity contribution >= 4 is 17.1 Å². The molecule has 0 bridgehead atoms. The van der Waals surface area contributed by atoms with Crippen LogP contribution < -0.4 is 0 Å². The number of halogens is 1. The van der Waals surface area contributed by atoms with Gasteiger partial charge in [0.25, 0.3) is 0 Å². The summed E-state index contributed by atoms with van der Waals surface area (Å²) in [5.41, 5.74) is 0.373. The van der Waals surface area contributed by atoms with Gasteiger partial charge in [-0.2, -0.15) is 0 Å². The van der Waals surface area contributed by atoms with Gasteiger partial charge >= 0.3 is 6.09 Å². The number of likely N-dealkylation sites (tertiary alicyclic amines) is 1. The molecular weight excluding hydrogens is 351 g/mol. The predicted octanol–water partition coefficient (Wildman–Crippen LogP) is 3.59. The Morgan fingerprint density at radius 3 is 2.70 bits per heavy atom. The van der Waals surface area contributed by atoms with E-state index in [4.69, 9.17) is 9.26 Å². The van der Waals surface area contributed by atoms with E-state index >= 15 is 0 Å². The molecule has 1 saturated heterocycles. The summed E-state index contributed by atoms with van der Waals surface area (Å²) in [7, 11) is 0. The molecule has 3 aromatic rings. The molecule has 1 aliphatic rings. The van der Waals surface area contributed by atoms with Crippen molar-refractivity contribution in [2.45, 2.75) is 25.0 Å². The highest BCUT2D eigenvalue weighted by molar-refractivity contribution is 5.80. The zero-order valence-corrected chi connectivity index (χ0v) is 14.6. The van der Waals surface area contributed by atoms with Crippen LogP contribution in [0.5, 0.6) is 0 Å². The Hall–Kier alpha value is -2.93. The average Bonchev–Trinajstić information content (AvgIpc) is 3.11. The molecule has 1 aromatic heterocycles. The minimum absolute atomic E-state index is 0.208. The number of carbonyl (C=O) groups excluding carboxylic acids is 1. The number of carbonyl (C=O) groups is 1. The number of aromatic nitrogens is 1. The number of hydrogen-bond acceptors (Lipinski definition) is 5. The molecule has 0 atom stereocenters.